The second-order valence-electron chi connectivity index (χ2n) is 6.99. The number of carbonyl (C=O) groups excluding carboxylic acids is 1. The molecule has 5 heteroatoms. The summed E-state index contributed by atoms with van der Waals surface area (Å²) in [7, 11) is 3.98. The van der Waals surface area contributed by atoms with Gasteiger partial charge in [0.05, 0.1) is 18.8 Å². The summed E-state index contributed by atoms with van der Waals surface area (Å²) in [6, 6.07) is 14.4. The molecular formula is C21H25FN2O2. The van der Waals surface area contributed by atoms with E-state index in [1.165, 1.54) is 6.07 Å². The van der Waals surface area contributed by atoms with Crippen molar-refractivity contribution in [1.82, 2.24) is 9.80 Å². The number of carbonyl (C=O) groups is 1. The number of rotatable bonds is 4. The first-order chi connectivity index (χ1) is 12.5. The molecule has 0 saturated carbocycles. The first-order valence-corrected chi connectivity index (χ1v) is 8.86. The Morgan fingerprint density at radius 2 is 1.96 bits per heavy atom. The smallest absolute Gasteiger partial charge is 0.254 e. The van der Waals surface area contributed by atoms with Crippen LogP contribution in [0.3, 0.4) is 0 Å². The number of morpholine rings is 1. The molecule has 4 nitrogen and oxygen atoms in total. The highest BCUT2D eigenvalue weighted by Crippen LogP contribution is 2.31. The molecule has 1 aliphatic heterocycles. The van der Waals surface area contributed by atoms with Crippen LogP contribution in [-0.4, -0.2) is 55.6 Å². The van der Waals surface area contributed by atoms with Crippen LogP contribution in [0.2, 0.25) is 0 Å². The van der Waals surface area contributed by atoms with E-state index in [1.54, 1.807) is 19.1 Å². The Morgan fingerprint density at radius 1 is 1.23 bits per heavy atom. The Kier molecular flexibility index (Phi) is 5.69. The fraction of sp³-hybridized carbons (Fsp3) is 0.381. The van der Waals surface area contributed by atoms with Crippen LogP contribution >= 0.6 is 0 Å². The van der Waals surface area contributed by atoms with Gasteiger partial charge in [-0.15, -0.1) is 0 Å². The number of halogens is 1. The summed E-state index contributed by atoms with van der Waals surface area (Å²) in [4.78, 5) is 17.0. The van der Waals surface area contributed by atoms with Gasteiger partial charge in [0, 0.05) is 18.7 Å². The highest BCUT2D eigenvalue weighted by atomic mass is 19.1. The topological polar surface area (TPSA) is 32.8 Å². The zero-order valence-corrected chi connectivity index (χ0v) is 15.5. The molecule has 2 atom stereocenters. The SMILES string of the molecule is Cc1ccc(C(=O)N2CCO[C@@H](CN(C)C)[C@@H]2c2ccccc2)cc1F. The Labute approximate surface area is 154 Å². The third-order valence-corrected chi connectivity index (χ3v) is 4.72. The normalized spacial score (nSPS) is 20.4. The molecule has 0 aromatic heterocycles. The minimum Gasteiger partial charge on any atom is -0.373 e. The van der Waals surface area contributed by atoms with Crippen molar-refractivity contribution < 1.29 is 13.9 Å². The summed E-state index contributed by atoms with van der Waals surface area (Å²) >= 11 is 0. The van der Waals surface area contributed by atoms with Gasteiger partial charge < -0.3 is 14.5 Å². The van der Waals surface area contributed by atoms with Crippen LogP contribution in [0, 0.1) is 12.7 Å². The number of hydrogen-bond acceptors (Lipinski definition) is 3. The predicted molar refractivity (Wildman–Crippen MR) is 99.7 cm³/mol. The Morgan fingerprint density at radius 3 is 2.62 bits per heavy atom. The predicted octanol–water partition coefficient (Wildman–Crippen LogP) is 3.28. The maximum atomic E-state index is 14.0. The van der Waals surface area contributed by atoms with Crippen molar-refractivity contribution in [2.45, 2.75) is 19.1 Å². The van der Waals surface area contributed by atoms with E-state index < -0.39 is 0 Å². The molecule has 2 aromatic rings. The van der Waals surface area contributed by atoms with Crippen molar-refractivity contribution in [3.8, 4) is 0 Å². The van der Waals surface area contributed by atoms with Crippen molar-refractivity contribution in [3.63, 3.8) is 0 Å². The molecule has 1 fully saturated rings. The molecule has 26 heavy (non-hydrogen) atoms. The van der Waals surface area contributed by atoms with Crippen LogP contribution in [0.25, 0.3) is 0 Å². The van der Waals surface area contributed by atoms with E-state index >= 15 is 0 Å². The molecule has 1 saturated heterocycles. The molecule has 138 valence electrons. The highest BCUT2D eigenvalue weighted by Gasteiger charge is 2.37. The van der Waals surface area contributed by atoms with Gasteiger partial charge in [0.15, 0.2) is 0 Å². The molecule has 0 radical (unpaired) electrons. The third kappa shape index (κ3) is 3.94. The lowest BCUT2D eigenvalue weighted by Crippen LogP contribution is -2.51. The second-order valence-corrected chi connectivity index (χ2v) is 6.99. The van der Waals surface area contributed by atoms with E-state index in [0.717, 1.165) is 5.56 Å². The van der Waals surface area contributed by atoms with Gasteiger partial charge in [-0.05, 0) is 44.3 Å². The first-order valence-electron chi connectivity index (χ1n) is 8.86. The monoisotopic (exact) mass is 356 g/mol. The van der Waals surface area contributed by atoms with E-state index in [1.807, 2.05) is 49.3 Å². The molecular weight excluding hydrogens is 331 g/mol. The van der Waals surface area contributed by atoms with Crippen molar-refractivity contribution in [2.24, 2.45) is 0 Å². The number of likely N-dealkylation sites (N-methyl/N-ethyl adjacent to an activating group) is 1. The molecule has 1 amide bonds. The zero-order chi connectivity index (χ0) is 18.7. The third-order valence-electron chi connectivity index (χ3n) is 4.72. The van der Waals surface area contributed by atoms with Crippen LogP contribution in [0.5, 0.6) is 0 Å². The van der Waals surface area contributed by atoms with Gasteiger partial charge in [-0.1, -0.05) is 36.4 Å². The molecule has 0 bridgehead atoms. The van der Waals surface area contributed by atoms with Crippen molar-refractivity contribution >= 4 is 5.91 Å². The summed E-state index contributed by atoms with van der Waals surface area (Å²) in [6.07, 6.45) is -0.139. The summed E-state index contributed by atoms with van der Waals surface area (Å²) in [5, 5.41) is 0. The van der Waals surface area contributed by atoms with Gasteiger partial charge in [0.25, 0.3) is 5.91 Å². The molecule has 0 aliphatic carbocycles. The largest absolute Gasteiger partial charge is 0.373 e. The van der Waals surface area contributed by atoms with E-state index in [-0.39, 0.29) is 23.9 Å². The van der Waals surface area contributed by atoms with Crippen LogP contribution < -0.4 is 0 Å². The van der Waals surface area contributed by atoms with E-state index in [0.29, 0.717) is 30.8 Å². The van der Waals surface area contributed by atoms with Crippen LogP contribution in [0.1, 0.15) is 27.5 Å². The average Bonchev–Trinajstić information content (AvgIpc) is 2.63. The van der Waals surface area contributed by atoms with Gasteiger partial charge >= 0.3 is 0 Å². The first kappa shape index (κ1) is 18.5. The maximum absolute atomic E-state index is 14.0. The van der Waals surface area contributed by atoms with Gasteiger partial charge in [-0.3, -0.25) is 4.79 Å². The van der Waals surface area contributed by atoms with Gasteiger partial charge in [-0.25, -0.2) is 4.39 Å². The van der Waals surface area contributed by atoms with Crippen LogP contribution in [0.15, 0.2) is 48.5 Å². The van der Waals surface area contributed by atoms with Gasteiger partial charge in [0.1, 0.15) is 5.82 Å². The number of aryl methyl sites for hydroxylation is 1. The summed E-state index contributed by atoms with van der Waals surface area (Å²) in [6.45, 7) is 3.35. The quantitative estimate of drug-likeness (QED) is 0.843. The van der Waals surface area contributed by atoms with Gasteiger partial charge in [-0.2, -0.15) is 0 Å². The maximum Gasteiger partial charge on any atom is 0.254 e. The lowest BCUT2D eigenvalue weighted by atomic mass is 9.96. The summed E-state index contributed by atoms with van der Waals surface area (Å²) < 4.78 is 20.0. The highest BCUT2D eigenvalue weighted by molar-refractivity contribution is 5.94. The minimum absolute atomic E-state index is 0.139. The number of amides is 1. The lowest BCUT2D eigenvalue weighted by molar-refractivity contribution is -0.0684. The van der Waals surface area contributed by atoms with E-state index in [4.69, 9.17) is 4.74 Å². The van der Waals surface area contributed by atoms with Crippen LogP contribution in [-0.2, 0) is 4.74 Å². The number of ether oxygens (including phenoxy) is 1. The fourth-order valence-electron chi connectivity index (χ4n) is 3.41. The molecule has 3 rings (SSSR count). The van der Waals surface area contributed by atoms with Gasteiger partial charge in [0.2, 0.25) is 0 Å². The van der Waals surface area contributed by atoms with Crippen LogP contribution in [0.4, 0.5) is 4.39 Å². The van der Waals surface area contributed by atoms with Crippen molar-refractivity contribution in [3.05, 3.63) is 71.0 Å². The average molecular weight is 356 g/mol. The molecule has 0 unspecified atom stereocenters. The molecule has 1 heterocycles. The van der Waals surface area contributed by atoms with E-state index in [2.05, 4.69) is 4.90 Å². The number of hydrogen-bond donors (Lipinski definition) is 0. The second kappa shape index (κ2) is 7.98. The number of nitrogens with zero attached hydrogens (tertiary/aromatic N) is 2. The molecule has 2 aromatic carbocycles. The Balaban J connectivity index is 1.96. The number of benzene rings is 2. The van der Waals surface area contributed by atoms with Crippen molar-refractivity contribution in [1.29, 1.82) is 0 Å². The zero-order valence-electron chi connectivity index (χ0n) is 15.5. The molecule has 1 aliphatic rings. The fourth-order valence-corrected chi connectivity index (χ4v) is 3.41. The lowest BCUT2D eigenvalue weighted by Gasteiger charge is -2.42. The minimum atomic E-state index is -0.356. The summed E-state index contributed by atoms with van der Waals surface area (Å²) in [5.41, 5.74) is 1.94. The van der Waals surface area contributed by atoms with E-state index in [9.17, 15) is 9.18 Å². The Hall–Kier alpha value is -2.24. The Bertz CT molecular complexity index is 764. The summed E-state index contributed by atoms with van der Waals surface area (Å²) in [5.74, 6) is -0.518. The molecule has 0 spiro atoms. The van der Waals surface area contributed by atoms with Crippen molar-refractivity contribution in [2.75, 3.05) is 33.8 Å². The molecule has 0 N–H and O–H groups in total. The standard InChI is InChI=1S/C21H25FN2O2/c1-15-9-10-17(13-18(15)22)21(25)24-11-12-26-19(14-23(2)3)20(24)16-7-5-4-6-8-16/h4-10,13,19-20H,11-12,14H2,1-3H3/t19-,20-/m0/s1.